The van der Waals surface area contributed by atoms with Crippen molar-refractivity contribution >= 4 is 23.5 Å². The van der Waals surface area contributed by atoms with Gasteiger partial charge in [-0.05, 0) is 43.6 Å². The Morgan fingerprint density at radius 3 is 3.00 bits per heavy atom. The molecular weight excluding hydrogens is 262 g/mol. The van der Waals surface area contributed by atoms with Gasteiger partial charge in [0.05, 0.1) is 5.60 Å². The average molecular weight is 287 g/mol. The van der Waals surface area contributed by atoms with Gasteiger partial charge in [-0.3, -0.25) is 0 Å². The van der Waals surface area contributed by atoms with E-state index < -0.39 is 0 Å². The molecule has 0 bridgehead atoms. The summed E-state index contributed by atoms with van der Waals surface area (Å²) in [6.07, 6.45) is 8.02. The molecule has 3 fully saturated rings. The third-order valence-electron chi connectivity index (χ3n) is 4.47. The lowest BCUT2D eigenvalue weighted by atomic mass is 9.90. The highest BCUT2D eigenvalue weighted by Gasteiger charge is 2.40. The Kier molecular flexibility index (Phi) is 4.82. The van der Waals surface area contributed by atoms with Gasteiger partial charge in [0, 0.05) is 30.2 Å². The summed E-state index contributed by atoms with van der Waals surface area (Å²) < 4.78 is 6.08. The predicted molar refractivity (Wildman–Crippen MR) is 81.7 cm³/mol. The van der Waals surface area contributed by atoms with Crippen molar-refractivity contribution in [3.05, 3.63) is 0 Å². The summed E-state index contributed by atoms with van der Waals surface area (Å²) in [5, 5.41) is 4.70. The number of thioether (sulfide) groups is 2. The van der Waals surface area contributed by atoms with Crippen LogP contribution >= 0.6 is 23.5 Å². The van der Waals surface area contributed by atoms with Crippen LogP contribution in [0.25, 0.3) is 0 Å². The Morgan fingerprint density at radius 2 is 2.22 bits per heavy atom. The molecule has 3 unspecified atom stereocenters. The molecule has 4 heteroatoms. The number of rotatable bonds is 3. The molecule has 0 saturated carbocycles. The van der Waals surface area contributed by atoms with Crippen LogP contribution in [0.5, 0.6) is 0 Å². The van der Waals surface area contributed by atoms with Crippen molar-refractivity contribution in [1.82, 2.24) is 5.32 Å². The highest BCUT2D eigenvalue weighted by Crippen LogP contribution is 2.38. The van der Waals surface area contributed by atoms with Gasteiger partial charge >= 0.3 is 0 Å². The topological polar surface area (TPSA) is 21.3 Å². The summed E-state index contributed by atoms with van der Waals surface area (Å²) in [6.45, 7) is 2.19. The minimum atomic E-state index is 0.236. The van der Waals surface area contributed by atoms with Crippen molar-refractivity contribution in [2.75, 3.05) is 30.4 Å². The van der Waals surface area contributed by atoms with Crippen LogP contribution in [0.1, 0.15) is 38.5 Å². The summed E-state index contributed by atoms with van der Waals surface area (Å²) >= 11 is 4.25. The van der Waals surface area contributed by atoms with Crippen molar-refractivity contribution < 1.29 is 4.74 Å². The molecule has 18 heavy (non-hydrogen) atoms. The standard InChI is InChI=1S/C14H25NOS2/c1-2-7-18-13(3-1)10-15-12-4-6-16-14(9-12)5-8-17-11-14/h12-13,15H,1-11H2. The summed E-state index contributed by atoms with van der Waals surface area (Å²) in [5.41, 5.74) is 0.236. The Balaban J connectivity index is 1.44. The second-order valence-electron chi connectivity index (χ2n) is 5.92. The first-order valence-corrected chi connectivity index (χ1v) is 9.63. The molecule has 0 aliphatic carbocycles. The quantitative estimate of drug-likeness (QED) is 0.861. The Hall–Kier alpha value is 0.620. The fourth-order valence-electron chi connectivity index (χ4n) is 3.33. The van der Waals surface area contributed by atoms with Gasteiger partial charge in [-0.1, -0.05) is 6.42 Å². The van der Waals surface area contributed by atoms with Gasteiger partial charge in [0.2, 0.25) is 0 Å². The number of hydrogen-bond acceptors (Lipinski definition) is 4. The lowest BCUT2D eigenvalue weighted by Gasteiger charge is -2.38. The minimum Gasteiger partial charge on any atom is -0.374 e. The smallest absolute Gasteiger partial charge is 0.0795 e. The van der Waals surface area contributed by atoms with Crippen molar-refractivity contribution in [1.29, 1.82) is 0 Å². The molecular formula is C14H25NOS2. The van der Waals surface area contributed by atoms with Crippen LogP contribution in [0.15, 0.2) is 0 Å². The van der Waals surface area contributed by atoms with Crippen LogP contribution < -0.4 is 5.32 Å². The predicted octanol–water partition coefficient (Wildman–Crippen LogP) is 2.92. The van der Waals surface area contributed by atoms with Gasteiger partial charge in [0.25, 0.3) is 0 Å². The van der Waals surface area contributed by atoms with Gasteiger partial charge in [0.15, 0.2) is 0 Å². The maximum atomic E-state index is 6.08. The van der Waals surface area contributed by atoms with Gasteiger partial charge in [-0.25, -0.2) is 0 Å². The molecule has 0 aromatic carbocycles. The second-order valence-corrected chi connectivity index (χ2v) is 8.43. The van der Waals surface area contributed by atoms with E-state index in [1.807, 2.05) is 0 Å². The molecule has 3 saturated heterocycles. The zero-order valence-corrected chi connectivity index (χ0v) is 12.8. The van der Waals surface area contributed by atoms with Crippen LogP contribution in [0, 0.1) is 0 Å². The summed E-state index contributed by atoms with van der Waals surface area (Å²) in [4.78, 5) is 0. The Morgan fingerprint density at radius 1 is 1.22 bits per heavy atom. The van der Waals surface area contributed by atoms with Crippen LogP contribution in [0.2, 0.25) is 0 Å². The highest BCUT2D eigenvalue weighted by atomic mass is 32.2. The lowest BCUT2D eigenvalue weighted by molar-refractivity contribution is -0.0700. The molecule has 3 atom stereocenters. The summed E-state index contributed by atoms with van der Waals surface area (Å²) in [7, 11) is 0. The first kappa shape index (κ1) is 13.6. The van der Waals surface area contributed by atoms with Crippen molar-refractivity contribution in [2.45, 2.75) is 55.4 Å². The van der Waals surface area contributed by atoms with E-state index in [2.05, 4.69) is 28.8 Å². The molecule has 0 aromatic heterocycles. The van der Waals surface area contributed by atoms with Gasteiger partial charge < -0.3 is 10.1 Å². The molecule has 1 N–H and O–H groups in total. The number of nitrogens with one attached hydrogen (secondary N) is 1. The van der Waals surface area contributed by atoms with Crippen molar-refractivity contribution in [3.8, 4) is 0 Å². The molecule has 2 nitrogen and oxygen atoms in total. The van der Waals surface area contributed by atoms with Crippen LogP contribution in [-0.2, 0) is 4.74 Å². The molecule has 1 spiro atoms. The maximum Gasteiger partial charge on any atom is 0.0795 e. The van der Waals surface area contributed by atoms with Crippen molar-refractivity contribution in [3.63, 3.8) is 0 Å². The molecule has 0 amide bonds. The average Bonchev–Trinajstić information content (AvgIpc) is 2.86. The van der Waals surface area contributed by atoms with Gasteiger partial charge in [-0.2, -0.15) is 23.5 Å². The summed E-state index contributed by atoms with van der Waals surface area (Å²) in [6, 6.07) is 0.708. The van der Waals surface area contributed by atoms with E-state index in [-0.39, 0.29) is 5.60 Å². The number of ether oxygens (including phenoxy) is 1. The molecule has 0 radical (unpaired) electrons. The van der Waals surface area contributed by atoms with Crippen molar-refractivity contribution in [2.24, 2.45) is 0 Å². The normalized spacial score (nSPS) is 41.3. The van der Waals surface area contributed by atoms with Gasteiger partial charge in [0.1, 0.15) is 0 Å². The van der Waals surface area contributed by atoms with E-state index in [4.69, 9.17) is 4.74 Å². The minimum absolute atomic E-state index is 0.236. The first-order chi connectivity index (χ1) is 8.86. The zero-order chi connectivity index (χ0) is 12.3. The number of hydrogen-bond donors (Lipinski definition) is 1. The van der Waals surface area contributed by atoms with E-state index in [1.54, 1.807) is 0 Å². The van der Waals surface area contributed by atoms with E-state index in [0.29, 0.717) is 6.04 Å². The zero-order valence-electron chi connectivity index (χ0n) is 11.2. The fourth-order valence-corrected chi connectivity index (χ4v) is 5.96. The maximum absolute atomic E-state index is 6.08. The molecule has 3 rings (SSSR count). The van der Waals surface area contributed by atoms with E-state index >= 15 is 0 Å². The molecule has 0 aromatic rings. The molecule has 104 valence electrons. The van der Waals surface area contributed by atoms with Crippen LogP contribution in [0.4, 0.5) is 0 Å². The largest absolute Gasteiger partial charge is 0.374 e. The molecule has 3 aliphatic rings. The third kappa shape index (κ3) is 3.38. The highest BCUT2D eigenvalue weighted by molar-refractivity contribution is 8.00. The van der Waals surface area contributed by atoms with E-state index in [9.17, 15) is 0 Å². The van der Waals surface area contributed by atoms with E-state index in [0.717, 1.165) is 11.9 Å². The molecule has 3 aliphatic heterocycles. The Labute approximate surface area is 119 Å². The van der Waals surface area contributed by atoms with Crippen LogP contribution in [-0.4, -0.2) is 47.3 Å². The van der Waals surface area contributed by atoms with Crippen LogP contribution in [0.3, 0.4) is 0 Å². The second kappa shape index (κ2) is 6.38. The molecule has 3 heterocycles. The summed E-state index contributed by atoms with van der Waals surface area (Å²) in [5.74, 6) is 3.90. The monoisotopic (exact) mass is 287 g/mol. The Bertz CT molecular complexity index is 263. The SMILES string of the molecule is C1CCC(CNC2CCOC3(CCSC3)C2)SC1. The van der Waals surface area contributed by atoms with E-state index in [1.165, 1.54) is 62.3 Å². The fraction of sp³-hybridized carbons (Fsp3) is 1.00. The lowest BCUT2D eigenvalue weighted by Crippen LogP contribution is -2.48. The van der Waals surface area contributed by atoms with Gasteiger partial charge in [-0.15, -0.1) is 0 Å². The first-order valence-electron chi connectivity index (χ1n) is 7.43. The third-order valence-corrected chi connectivity index (χ3v) is 7.09.